The third kappa shape index (κ3) is 4.03. The van der Waals surface area contributed by atoms with Gasteiger partial charge in [-0.2, -0.15) is 0 Å². The first-order valence-electron chi connectivity index (χ1n) is 7.70. The van der Waals surface area contributed by atoms with E-state index in [1.54, 1.807) is 0 Å². The number of halogens is 1. The maximum atomic E-state index is 11.0. The molecule has 5 heteroatoms. The van der Waals surface area contributed by atoms with Crippen molar-refractivity contribution in [2.24, 2.45) is 0 Å². The number of fused-ring (bicyclic) bond motifs is 1. The Kier molecular flexibility index (Phi) is 4.96. The standard InChI is InChI=1S/C19H17ClN2O2/c20-14-7-5-13(6-8-14)9-10-21-18-11-15(12-19(23)24)22-17-4-2-1-3-16(17)18/h1-8,11H,9-10,12H2,(H,21,22)(H,23,24). The van der Waals surface area contributed by atoms with Gasteiger partial charge in [0.1, 0.15) is 0 Å². The highest BCUT2D eigenvalue weighted by Crippen LogP contribution is 2.23. The maximum Gasteiger partial charge on any atom is 0.309 e. The van der Waals surface area contributed by atoms with E-state index in [-0.39, 0.29) is 6.42 Å². The fourth-order valence-electron chi connectivity index (χ4n) is 2.61. The number of aliphatic carboxylic acids is 1. The summed E-state index contributed by atoms with van der Waals surface area (Å²) >= 11 is 5.90. The highest BCUT2D eigenvalue weighted by Gasteiger charge is 2.08. The van der Waals surface area contributed by atoms with Crippen LogP contribution in [0.2, 0.25) is 5.02 Å². The molecule has 0 radical (unpaired) electrons. The van der Waals surface area contributed by atoms with Gasteiger partial charge in [0.15, 0.2) is 0 Å². The second-order valence-electron chi connectivity index (χ2n) is 5.55. The zero-order chi connectivity index (χ0) is 16.9. The lowest BCUT2D eigenvalue weighted by Crippen LogP contribution is -2.08. The van der Waals surface area contributed by atoms with Crippen LogP contribution in [0, 0.1) is 0 Å². The Morgan fingerprint density at radius 1 is 1.12 bits per heavy atom. The van der Waals surface area contributed by atoms with Crippen molar-refractivity contribution in [3.05, 3.63) is 70.9 Å². The van der Waals surface area contributed by atoms with Crippen LogP contribution in [0.5, 0.6) is 0 Å². The Balaban J connectivity index is 1.79. The van der Waals surface area contributed by atoms with E-state index < -0.39 is 5.97 Å². The number of hydrogen-bond donors (Lipinski definition) is 2. The zero-order valence-electron chi connectivity index (χ0n) is 13.0. The number of nitrogens with zero attached hydrogens (tertiary/aromatic N) is 1. The number of benzene rings is 2. The second kappa shape index (κ2) is 7.32. The molecule has 0 aliphatic rings. The molecule has 0 bridgehead atoms. The van der Waals surface area contributed by atoms with Crippen LogP contribution < -0.4 is 5.32 Å². The van der Waals surface area contributed by atoms with Gasteiger partial charge in [-0.3, -0.25) is 9.78 Å². The number of hydrogen-bond acceptors (Lipinski definition) is 3. The summed E-state index contributed by atoms with van der Waals surface area (Å²) in [6.07, 6.45) is 0.763. The minimum atomic E-state index is -0.884. The Labute approximate surface area is 145 Å². The first-order valence-corrected chi connectivity index (χ1v) is 8.08. The van der Waals surface area contributed by atoms with Crippen LogP contribution in [-0.4, -0.2) is 22.6 Å². The number of para-hydroxylation sites is 1. The number of carboxylic acids is 1. The van der Waals surface area contributed by atoms with Gasteiger partial charge in [-0.15, -0.1) is 0 Å². The smallest absolute Gasteiger partial charge is 0.309 e. The third-order valence-electron chi connectivity index (χ3n) is 3.74. The summed E-state index contributed by atoms with van der Waals surface area (Å²) in [4.78, 5) is 15.4. The monoisotopic (exact) mass is 340 g/mol. The van der Waals surface area contributed by atoms with Gasteiger partial charge < -0.3 is 10.4 Å². The summed E-state index contributed by atoms with van der Waals surface area (Å²) in [6, 6.07) is 17.3. The summed E-state index contributed by atoms with van der Waals surface area (Å²) in [5.74, 6) is -0.884. The lowest BCUT2D eigenvalue weighted by molar-refractivity contribution is -0.136. The van der Waals surface area contributed by atoms with Gasteiger partial charge in [-0.1, -0.05) is 41.9 Å². The van der Waals surface area contributed by atoms with Crippen LogP contribution in [0.25, 0.3) is 10.9 Å². The molecular weight excluding hydrogens is 324 g/mol. The predicted molar refractivity (Wildman–Crippen MR) is 96.7 cm³/mol. The first-order chi connectivity index (χ1) is 11.6. The third-order valence-corrected chi connectivity index (χ3v) is 4.00. The average Bonchev–Trinajstić information content (AvgIpc) is 2.56. The molecule has 0 atom stereocenters. The Morgan fingerprint density at radius 2 is 1.88 bits per heavy atom. The van der Waals surface area contributed by atoms with Gasteiger partial charge in [-0.25, -0.2) is 0 Å². The highest BCUT2D eigenvalue weighted by molar-refractivity contribution is 6.30. The van der Waals surface area contributed by atoms with E-state index >= 15 is 0 Å². The van der Waals surface area contributed by atoms with Gasteiger partial charge in [-0.05, 0) is 36.2 Å². The molecule has 0 amide bonds. The van der Waals surface area contributed by atoms with Gasteiger partial charge in [0.2, 0.25) is 0 Å². The van der Waals surface area contributed by atoms with E-state index in [2.05, 4.69) is 10.3 Å². The molecule has 3 aromatic rings. The normalized spacial score (nSPS) is 10.7. The molecule has 0 saturated carbocycles. The van der Waals surface area contributed by atoms with Crippen molar-refractivity contribution in [3.8, 4) is 0 Å². The molecule has 0 spiro atoms. The Bertz CT molecular complexity index is 863. The number of anilines is 1. The first kappa shape index (κ1) is 16.3. The predicted octanol–water partition coefficient (Wildman–Crippen LogP) is 4.17. The SMILES string of the molecule is O=C(O)Cc1cc(NCCc2ccc(Cl)cc2)c2ccccc2n1. The number of nitrogens with one attached hydrogen (secondary N) is 1. The van der Waals surface area contributed by atoms with Crippen LogP contribution in [-0.2, 0) is 17.6 Å². The molecule has 2 N–H and O–H groups in total. The van der Waals surface area contributed by atoms with E-state index in [9.17, 15) is 4.79 Å². The number of carbonyl (C=O) groups is 1. The zero-order valence-corrected chi connectivity index (χ0v) is 13.8. The van der Waals surface area contributed by atoms with Crippen LogP contribution >= 0.6 is 11.6 Å². The highest BCUT2D eigenvalue weighted by atomic mass is 35.5. The van der Waals surface area contributed by atoms with Gasteiger partial charge in [0.25, 0.3) is 0 Å². The van der Waals surface area contributed by atoms with Crippen molar-refractivity contribution in [2.75, 3.05) is 11.9 Å². The fourth-order valence-corrected chi connectivity index (χ4v) is 2.74. The van der Waals surface area contributed by atoms with Gasteiger partial charge in [0.05, 0.1) is 17.6 Å². The molecule has 1 heterocycles. The molecule has 0 aliphatic carbocycles. The maximum absolute atomic E-state index is 11.0. The van der Waals surface area contributed by atoms with E-state index in [1.807, 2.05) is 54.6 Å². The molecule has 0 aliphatic heterocycles. The number of pyridine rings is 1. The molecule has 3 rings (SSSR count). The topological polar surface area (TPSA) is 62.2 Å². The van der Waals surface area contributed by atoms with Crippen LogP contribution in [0.3, 0.4) is 0 Å². The summed E-state index contributed by atoms with van der Waals surface area (Å²) in [6.45, 7) is 0.738. The molecule has 0 unspecified atom stereocenters. The molecule has 0 saturated heterocycles. The average molecular weight is 341 g/mol. The number of aromatic nitrogens is 1. The van der Waals surface area contributed by atoms with Crippen LogP contribution in [0.15, 0.2) is 54.6 Å². The van der Waals surface area contributed by atoms with Crippen molar-refractivity contribution in [1.82, 2.24) is 4.98 Å². The van der Waals surface area contributed by atoms with E-state index in [1.165, 1.54) is 5.56 Å². The number of rotatable bonds is 6. The Morgan fingerprint density at radius 3 is 2.62 bits per heavy atom. The summed E-state index contributed by atoms with van der Waals surface area (Å²) in [5.41, 5.74) is 3.45. The van der Waals surface area contributed by atoms with Crippen LogP contribution in [0.1, 0.15) is 11.3 Å². The molecule has 4 nitrogen and oxygen atoms in total. The quantitative estimate of drug-likeness (QED) is 0.707. The minimum Gasteiger partial charge on any atom is -0.481 e. The summed E-state index contributed by atoms with van der Waals surface area (Å²) in [7, 11) is 0. The molecule has 24 heavy (non-hydrogen) atoms. The molecule has 122 valence electrons. The van der Waals surface area contributed by atoms with Gasteiger partial charge >= 0.3 is 5.97 Å². The van der Waals surface area contributed by atoms with E-state index in [0.717, 1.165) is 34.6 Å². The van der Waals surface area contributed by atoms with Crippen molar-refractivity contribution in [1.29, 1.82) is 0 Å². The van der Waals surface area contributed by atoms with Crippen molar-refractivity contribution >= 4 is 34.2 Å². The molecule has 1 aromatic heterocycles. The molecule has 0 fully saturated rings. The van der Waals surface area contributed by atoms with E-state index in [0.29, 0.717) is 5.69 Å². The van der Waals surface area contributed by atoms with Gasteiger partial charge in [0, 0.05) is 22.6 Å². The lowest BCUT2D eigenvalue weighted by atomic mass is 10.1. The largest absolute Gasteiger partial charge is 0.481 e. The van der Waals surface area contributed by atoms with Crippen molar-refractivity contribution < 1.29 is 9.90 Å². The van der Waals surface area contributed by atoms with Crippen molar-refractivity contribution in [2.45, 2.75) is 12.8 Å². The summed E-state index contributed by atoms with van der Waals surface area (Å²) < 4.78 is 0. The minimum absolute atomic E-state index is 0.0866. The fraction of sp³-hybridized carbons (Fsp3) is 0.158. The molecule has 2 aromatic carbocycles. The Hall–Kier alpha value is -2.59. The second-order valence-corrected chi connectivity index (χ2v) is 5.99. The summed E-state index contributed by atoms with van der Waals surface area (Å²) in [5, 5.41) is 14.1. The number of carboxylic acid groups (broad SMARTS) is 1. The van der Waals surface area contributed by atoms with E-state index in [4.69, 9.17) is 16.7 Å². The lowest BCUT2D eigenvalue weighted by Gasteiger charge is -2.11. The molecular formula is C19H17ClN2O2. The van der Waals surface area contributed by atoms with Crippen LogP contribution in [0.4, 0.5) is 5.69 Å². The van der Waals surface area contributed by atoms with Crippen molar-refractivity contribution in [3.63, 3.8) is 0 Å².